The maximum atomic E-state index is 13.6. The molecule has 61 heavy (non-hydrogen) atoms. The topological polar surface area (TPSA) is 227 Å². The van der Waals surface area contributed by atoms with Crippen LogP contribution in [0.1, 0.15) is 52.0 Å². The second-order valence-corrected chi connectivity index (χ2v) is 14.7. The van der Waals surface area contributed by atoms with Crippen LogP contribution in [-0.2, 0) is 54.1 Å². The van der Waals surface area contributed by atoms with Crippen LogP contribution in [0.5, 0.6) is 0 Å². The first-order valence-corrected chi connectivity index (χ1v) is 21.1. The van der Waals surface area contributed by atoms with Gasteiger partial charge in [-0.3, -0.25) is 14.4 Å². The summed E-state index contributed by atoms with van der Waals surface area (Å²) in [7, 11) is 3.89. The van der Waals surface area contributed by atoms with E-state index < -0.39 is 18.0 Å². The van der Waals surface area contributed by atoms with Gasteiger partial charge in [0, 0.05) is 70.4 Å². The Kier molecular flexibility index (Phi) is 30.8. The average molecular weight is 866 g/mol. The molecule has 0 bridgehead atoms. The first-order chi connectivity index (χ1) is 29.2. The van der Waals surface area contributed by atoms with E-state index >= 15 is 0 Å². The van der Waals surface area contributed by atoms with Crippen LogP contribution >= 0.6 is 0 Å². The van der Waals surface area contributed by atoms with Gasteiger partial charge in [0.15, 0.2) is 11.7 Å². The number of nitrogens with two attached hydrogens (primary N) is 2. The van der Waals surface area contributed by atoms with Crippen LogP contribution < -0.4 is 27.4 Å². The van der Waals surface area contributed by atoms with Crippen molar-refractivity contribution in [2.45, 2.75) is 59.1 Å². The number of likely N-dealkylation sites (N-methyl/N-ethyl adjacent to an activating group) is 2. The van der Waals surface area contributed by atoms with E-state index in [9.17, 15) is 19.2 Å². The molecular weight excluding hydrogens is 791 g/mol. The molecule has 0 saturated heterocycles. The van der Waals surface area contributed by atoms with E-state index in [-0.39, 0.29) is 49.5 Å². The van der Waals surface area contributed by atoms with Crippen molar-refractivity contribution in [2.75, 3.05) is 125 Å². The number of rotatable bonds is 39. The lowest BCUT2D eigenvalue weighted by Crippen LogP contribution is -2.45. The fourth-order valence-electron chi connectivity index (χ4n) is 5.39. The van der Waals surface area contributed by atoms with Gasteiger partial charge in [-0.15, -0.1) is 0 Å². The van der Waals surface area contributed by atoms with Gasteiger partial charge in [0.05, 0.1) is 85.3 Å². The molecule has 0 aliphatic heterocycles. The van der Waals surface area contributed by atoms with Gasteiger partial charge < -0.3 is 70.4 Å². The number of allylic oxidation sites excluding steroid dienone is 1. The Morgan fingerprint density at radius 2 is 1.26 bits per heavy atom. The summed E-state index contributed by atoms with van der Waals surface area (Å²) < 4.78 is 38.4. The van der Waals surface area contributed by atoms with Gasteiger partial charge in [-0.05, 0) is 50.0 Å². The van der Waals surface area contributed by atoms with Crippen molar-refractivity contribution in [3.8, 4) is 0 Å². The maximum Gasteiger partial charge on any atom is 0.312 e. The molecule has 4 amide bonds. The zero-order chi connectivity index (χ0) is 45.3. The number of nitrogens with zero attached hydrogens (tertiary/aromatic N) is 2. The molecule has 0 saturated carbocycles. The molecule has 1 rings (SSSR count). The summed E-state index contributed by atoms with van der Waals surface area (Å²) >= 11 is 0. The summed E-state index contributed by atoms with van der Waals surface area (Å²) in [6, 6.07) is 5.73. The molecule has 7 N–H and O–H groups in total. The van der Waals surface area contributed by atoms with Crippen LogP contribution in [0.25, 0.3) is 0 Å². The highest BCUT2D eigenvalue weighted by atomic mass is 16.6. The molecule has 0 aliphatic rings. The van der Waals surface area contributed by atoms with Crippen molar-refractivity contribution in [1.82, 2.24) is 20.4 Å². The van der Waals surface area contributed by atoms with Crippen molar-refractivity contribution in [1.29, 1.82) is 0 Å². The van der Waals surface area contributed by atoms with Gasteiger partial charge in [-0.25, -0.2) is 4.79 Å². The van der Waals surface area contributed by atoms with Crippen LogP contribution in [-0.4, -0.2) is 159 Å². The number of hydrogen-bond donors (Lipinski definition) is 5. The molecule has 0 aliphatic carbocycles. The number of ether oxygens (including phenoxy) is 7. The number of carbonyl (C=O) groups is 4. The van der Waals surface area contributed by atoms with Gasteiger partial charge in [-0.2, -0.15) is 0 Å². The van der Waals surface area contributed by atoms with E-state index in [0.717, 1.165) is 17.8 Å². The summed E-state index contributed by atoms with van der Waals surface area (Å²) in [6.45, 7) is 21.1. The number of carbonyl (C=O) groups excluding carboxylic acids is 4. The average Bonchev–Trinajstić information content (AvgIpc) is 3.22. The number of primary amides is 1. The van der Waals surface area contributed by atoms with Crippen molar-refractivity contribution < 1.29 is 52.3 Å². The highest BCUT2D eigenvalue weighted by Crippen LogP contribution is 2.20. The SMILES string of the molecule is C=C(C)N(C)CCN(C)C(=C)OCc1ccc(NC(=O)[C@H](CCCNC(N)=O)CC(=O)[C@@H](NC(=O)CCOCCOCCOCCOCCOCCOCCN)C(C)C)cc1. The quantitative estimate of drug-likeness (QED) is 0.0474. The molecule has 0 fully saturated rings. The molecule has 348 valence electrons. The van der Waals surface area contributed by atoms with Gasteiger partial charge in [-0.1, -0.05) is 32.6 Å². The van der Waals surface area contributed by atoms with Gasteiger partial charge in [0.25, 0.3) is 0 Å². The monoisotopic (exact) mass is 866 g/mol. The van der Waals surface area contributed by atoms with E-state index in [1.165, 1.54) is 0 Å². The molecule has 0 spiro atoms. The number of anilines is 1. The van der Waals surface area contributed by atoms with Crippen LogP contribution in [0, 0.1) is 11.8 Å². The molecule has 0 heterocycles. The standard InChI is InChI=1S/C43H75N7O11/c1-33(2)41(48-40(52)14-19-55-21-23-57-25-27-59-29-30-60-28-26-58-24-22-56-20-15-44)39(51)31-37(9-8-16-46-43(45)54)42(53)47-38-12-10-36(11-13-38)32-61-35(5)50(7)18-17-49(6)34(3)4/h10-13,33,37,41H,3,5,8-9,14-32,44H2,1-2,4,6-7H3,(H,47,53)(H,48,52)(H3,45,46,54)/t37-,41+/m1/s1. The summed E-state index contributed by atoms with van der Waals surface area (Å²) in [5, 5.41) is 8.26. The minimum Gasteiger partial charge on any atom is -0.475 e. The van der Waals surface area contributed by atoms with Crippen LogP contribution in [0.15, 0.2) is 49.0 Å². The fraction of sp³-hybridized carbons (Fsp3) is 0.674. The number of benzene rings is 1. The van der Waals surface area contributed by atoms with Crippen molar-refractivity contribution >= 4 is 29.3 Å². The van der Waals surface area contributed by atoms with E-state index in [2.05, 4.69) is 34.0 Å². The number of ketones is 1. The Morgan fingerprint density at radius 1 is 0.754 bits per heavy atom. The van der Waals surface area contributed by atoms with Crippen LogP contribution in [0.2, 0.25) is 0 Å². The molecule has 1 aromatic rings. The number of amides is 4. The van der Waals surface area contributed by atoms with Crippen LogP contribution in [0.3, 0.4) is 0 Å². The summed E-state index contributed by atoms with van der Waals surface area (Å²) in [4.78, 5) is 55.2. The molecule has 2 atom stereocenters. The summed E-state index contributed by atoms with van der Waals surface area (Å²) in [5.74, 6) is -1.38. The molecular formula is C43H75N7O11. The Labute approximate surface area is 363 Å². The lowest BCUT2D eigenvalue weighted by Gasteiger charge is -2.26. The minimum absolute atomic E-state index is 0.0499. The Bertz CT molecular complexity index is 1400. The zero-order valence-corrected chi connectivity index (χ0v) is 37.3. The van der Waals surface area contributed by atoms with Crippen molar-refractivity contribution in [3.05, 3.63) is 54.6 Å². The smallest absolute Gasteiger partial charge is 0.312 e. The summed E-state index contributed by atoms with van der Waals surface area (Å²) in [6.07, 6.45) is 0.661. The minimum atomic E-state index is -0.805. The Hall–Kier alpha value is -4.30. The lowest BCUT2D eigenvalue weighted by molar-refractivity contribution is -0.131. The third-order valence-electron chi connectivity index (χ3n) is 9.25. The predicted octanol–water partition coefficient (Wildman–Crippen LogP) is 2.62. The highest BCUT2D eigenvalue weighted by molar-refractivity contribution is 5.97. The number of Topliss-reactive ketones (excluding diaryl/α,β-unsaturated/α-hetero) is 1. The number of urea groups is 1. The molecule has 0 aromatic heterocycles. The third kappa shape index (κ3) is 28.0. The van der Waals surface area contributed by atoms with E-state index in [1.54, 1.807) is 12.1 Å². The van der Waals surface area contributed by atoms with Gasteiger partial charge in [0.1, 0.15) is 6.61 Å². The molecule has 18 heteroatoms. The van der Waals surface area contributed by atoms with E-state index in [0.29, 0.717) is 117 Å². The molecule has 0 unspecified atom stereocenters. The lowest BCUT2D eigenvalue weighted by atomic mass is 9.89. The predicted molar refractivity (Wildman–Crippen MR) is 234 cm³/mol. The van der Waals surface area contributed by atoms with Gasteiger partial charge in [0.2, 0.25) is 11.8 Å². The van der Waals surface area contributed by atoms with Gasteiger partial charge >= 0.3 is 6.03 Å². The van der Waals surface area contributed by atoms with Crippen molar-refractivity contribution in [3.63, 3.8) is 0 Å². The Balaban J connectivity index is 2.49. The van der Waals surface area contributed by atoms with E-state index in [1.807, 2.05) is 51.9 Å². The molecule has 1 aromatic carbocycles. The second-order valence-electron chi connectivity index (χ2n) is 14.7. The molecule has 0 radical (unpaired) electrons. The largest absolute Gasteiger partial charge is 0.475 e. The normalized spacial score (nSPS) is 12.0. The second kappa shape index (κ2) is 34.3. The first-order valence-electron chi connectivity index (χ1n) is 21.1. The first kappa shape index (κ1) is 54.7. The zero-order valence-electron chi connectivity index (χ0n) is 37.3. The molecule has 18 nitrogen and oxygen atoms in total. The highest BCUT2D eigenvalue weighted by Gasteiger charge is 2.29. The third-order valence-corrected chi connectivity index (χ3v) is 9.25. The van der Waals surface area contributed by atoms with Crippen molar-refractivity contribution in [2.24, 2.45) is 23.3 Å². The summed E-state index contributed by atoms with van der Waals surface area (Å²) in [5.41, 5.74) is 13.0. The Morgan fingerprint density at radius 3 is 1.75 bits per heavy atom. The number of nitrogens with one attached hydrogen (secondary N) is 3. The van der Waals surface area contributed by atoms with E-state index in [4.69, 9.17) is 44.6 Å². The van der Waals surface area contributed by atoms with Crippen LogP contribution in [0.4, 0.5) is 10.5 Å². The number of hydrogen-bond acceptors (Lipinski definition) is 14. The fourth-order valence-corrected chi connectivity index (χ4v) is 5.39. The maximum absolute atomic E-state index is 13.6.